The standard InChI is InChI=1S/C6H10N2O/c9-6-7-3-4-1-2-5(4)8-6/h4-5H,1-3H2,(H2,7,8,9). The number of rotatable bonds is 0. The lowest BCUT2D eigenvalue weighted by Crippen LogP contribution is -2.59. The average molecular weight is 126 g/mol. The highest BCUT2D eigenvalue weighted by Crippen LogP contribution is 2.28. The molecule has 50 valence electrons. The maximum Gasteiger partial charge on any atom is 0.315 e. The lowest BCUT2D eigenvalue weighted by atomic mass is 9.78. The zero-order valence-electron chi connectivity index (χ0n) is 5.18. The third-order valence-electron chi connectivity index (χ3n) is 2.26. The van der Waals surface area contributed by atoms with Crippen LogP contribution in [0.15, 0.2) is 0 Å². The maximum atomic E-state index is 10.6. The Morgan fingerprint density at radius 1 is 1.44 bits per heavy atom. The summed E-state index contributed by atoms with van der Waals surface area (Å²) in [5, 5.41) is 5.63. The van der Waals surface area contributed by atoms with Crippen molar-refractivity contribution in [3.63, 3.8) is 0 Å². The van der Waals surface area contributed by atoms with Crippen LogP contribution in [0.2, 0.25) is 0 Å². The van der Waals surface area contributed by atoms with Crippen LogP contribution in [-0.4, -0.2) is 18.6 Å². The zero-order valence-corrected chi connectivity index (χ0v) is 5.18. The second kappa shape index (κ2) is 1.62. The highest BCUT2D eigenvalue weighted by Gasteiger charge is 2.35. The summed E-state index contributed by atoms with van der Waals surface area (Å²) in [5.74, 6) is 0.725. The van der Waals surface area contributed by atoms with Crippen LogP contribution in [0.3, 0.4) is 0 Å². The fraction of sp³-hybridized carbons (Fsp3) is 0.833. The first kappa shape index (κ1) is 5.09. The van der Waals surface area contributed by atoms with Gasteiger partial charge in [-0.1, -0.05) is 0 Å². The molecule has 2 aliphatic rings. The number of carbonyl (C=O) groups excluding carboxylic acids is 1. The smallest absolute Gasteiger partial charge is 0.315 e. The topological polar surface area (TPSA) is 41.1 Å². The van der Waals surface area contributed by atoms with Crippen molar-refractivity contribution in [1.82, 2.24) is 10.6 Å². The van der Waals surface area contributed by atoms with Gasteiger partial charge in [0.15, 0.2) is 0 Å². The van der Waals surface area contributed by atoms with Gasteiger partial charge in [0.05, 0.1) is 0 Å². The SMILES string of the molecule is O=C1NCC2CCC2N1. The van der Waals surface area contributed by atoms with Gasteiger partial charge in [-0.15, -0.1) is 0 Å². The second-order valence-corrected chi connectivity index (χ2v) is 2.80. The number of carbonyl (C=O) groups is 1. The Morgan fingerprint density at radius 3 is 2.78 bits per heavy atom. The molecule has 0 radical (unpaired) electrons. The molecule has 1 aliphatic heterocycles. The minimum atomic E-state index is 0.0101. The first-order valence-corrected chi connectivity index (χ1v) is 3.40. The quantitative estimate of drug-likeness (QED) is 0.474. The van der Waals surface area contributed by atoms with Crippen LogP contribution in [0.1, 0.15) is 12.8 Å². The number of hydrogen-bond donors (Lipinski definition) is 2. The summed E-state index contributed by atoms with van der Waals surface area (Å²) >= 11 is 0. The van der Waals surface area contributed by atoms with Gasteiger partial charge in [0, 0.05) is 12.6 Å². The van der Waals surface area contributed by atoms with E-state index in [4.69, 9.17) is 0 Å². The third-order valence-corrected chi connectivity index (χ3v) is 2.26. The summed E-state index contributed by atoms with van der Waals surface area (Å²) in [4.78, 5) is 10.6. The Kier molecular flexibility index (Phi) is 0.917. The molecule has 1 aliphatic carbocycles. The van der Waals surface area contributed by atoms with Crippen LogP contribution in [0.5, 0.6) is 0 Å². The van der Waals surface area contributed by atoms with Gasteiger partial charge in [-0.2, -0.15) is 0 Å². The van der Waals surface area contributed by atoms with E-state index in [2.05, 4.69) is 10.6 Å². The molecular formula is C6H10N2O. The molecule has 2 fully saturated rings. The molecule has 2 amide bonds. The Labute approximate surface area is 53.8 Å². The number of urea groups is 1. The molecule has 0 aromatic carbocycles. The molecule has 1 heterocycles. The fourth-order valence-electron chi connectivity index (χ4n) is 1.45. The van der Waals surface area contributed by atoms with E-state index in [0.29, 0.717) is 6.04 Å². The molecule has 2 rings (SSSR count). The van der Waals surface area contributed by atoms with E-state index in [-0.39, 0.29) is 6.03 Å². The Hall–Kier alpha value is -0.730. The van der Waals surface area contributed by atoms with E-state index in [1.54, 1.807) is 0 Å². The minimum absolute atomic E-state index is 0.0101. The third kappa shape index (κ3) is 0.677. The number of amides is 2. The molecule has 1 saturated heterocycles. The molecule has 3 nitrogen and oxygen atoms in total. The molecule has 9 heavy (non-hydrogen) atoms. The Balaban J connectivity index is 1.99. The zero-order chi connectivity index (χ0) is 6.27. The normalized spacial score (nSPS) is 39.8. The van der Waals surface area contributed by atoms with Gasteiger partial charge in [-0.25, -0.2) is 4.79 Å². The van der Waals surface area contributed by atoms with Crippen molar-refractivity contribution < 1.29 is 4.79 Å². The lowest BCUT2D eigenvalue weighted by Gasteiger charge is -2.40. The van der Waals surface area contributed by atoms with Gasteiger partial charge in [0.2, 0.25) is 0 Å². The molecule has 0 spiro atoms. The van der Waals surface area contributed by atoms with E-state index >= 15 is 0 Å². The number of fused-ring (bicyclic) bond motifs is 1. The first-order valence-electron chi connectivity index (χ1n) is 3.40. The van der Waals surface area contributed by atoms with Crippen LogP contribution in [0.25, 0.3) is 0 Å². The van der Waals surface area contributed by atoms with Crippen LogP contribution in [0, 0.1) is 5.92 Å². The van der Waals surface area contributed by atoms with E-state index in [1.165, 1.54) is 12.8 Å². The first-order chi connectivity index (χ1) is 4.36. The second-order valence-electron chi connectivity index (χ2n) is 2.80. The predicted molar refractivity (Wildman–Crippen MR) is 33.0 cm³/mol. The molecule has 3 heteroatoms. The molecule has 2 N–H and O–H groups in total. The van der Waals surface area contributed by atoms with Gasteiger partial charge >= 0.3 is 6.03 Å². The molecular weight excluding hydrogens is 116 g/mol. The van der Waals surface area contributed by atoms with Crippen LogP contribution in [0.4, 0.5) is 4.79 Å². The molecule has 0 bridgehead atoms. The maximum absolute atomic E-state index is 10.6. The summed E-state index contributed by atoms with van der Waals surface area (Å²) in [6.07, 6.45) is 2.45. The lowest BCUT2D eigenvalue weighted by molar-refractivity contribution is 0.166. The average Bonchev–Trinajstić information content (AvgIpc) is 1.78. The van der Waals surface area contributed by atoms with Crippen LogP contribution >= 0.6 is 0 Å². The van der Waals surface area contributed by atoms with Crippen molar-refractivity contribution in [1.29, 1.82) is 0 Å². The largest absolute Gasteiger partial charge is 0.338 e. The van der Waals surface area contributed by atoms with Crippen molar-refractivity contribution in [2.45, 2.75) is 18.9 Å². The van der Waals surface area contributed by atoms with Crippen molar-refractivity contribution in [2.24, 2.45) is 5.92 Å². The van der Waals surface area contributed by atoms with Gasteiger partial charge < -0.3 is 10.6 Å². The predicted octanol–water partition coefficient (Wildman–Crippen LogP) is 0.0778. The highest BCUT2D eigenvalue weighted by molar-refractivity contribution is 5.75. The van der Waals surface area contributed by atoms with Crippen molar-refractivity contribution in [2.75, 3.05) is 6.54 Å². The molecule has 1 saturated carbocycles. The van der Waals surface area contributed by atoms with Gasteiger partial charge in [-0.3, -0.25) is 0 Å². The summed E-state index contributed by atoms with van der Waals surface area (Å²) < 4.78 is 0. The Bertz CT molecular complexity index is 146. The van der Waals surface area contributed by atoms with E-state index in [9.17, 15) is 4.79 Å². The van der Waals surface area contributed by atoms with Crippen molar-refractivity contribution >= 4 is 6.03 Å². The molecule has 2 unspecified atom stereocenters. The summed E-state index contributed by atoms with van der Waals surface area (Å²) in [7, 11) is 0. The van der Waals surface area contributed by atoms with Gasteiger partial charge in [-0.05, 0) is 18.8 Å². The molecule has 0 aromatic heterocycles. The summed E-state index contributed by atoms with van der Waals surface area (Å²) in [6.45, 7) is 0.885. The molecule has 0 aromatic rings. The number of nitrogens with one attached hydrogen (secondary N) is 2. The summed E-state index contributed by atoms with van der Waals surface area (Å²) in [5.41, 5.74) is 0. The van der Waals surface area contributed by atoms with Gasteiger partial charge in [0.1, 0.15) is 0 Å². The summed E-state index contributed by atoms with van der Waals surface area (Å²) in [6, 6.07) is 0.509. The Morgan fingerprint density at radius 2 is 2.33 bits per heavy atom. The number of hydrogen-bond acceptors (Lipinski definition) is 1. The van der Waals surface area contributed by atoms with Crippen molar-refractivity contribution in [3.05, 3.63) is 0 Å². The van der Waals surface area contributed by atoms with Gasteiger partial charge in [0.25, 0.3) is 0 Å². The van der Waals surface area contributed by atoms with E-state index in [0.717, 1.165) is 12.5 Å². The monoisotopic (exact) mass is 126 g/mol. The molecule has 2 atom stereocenters. The van der Waals surface area contributed by atoms with Crippen LogP contribution < -0.4 is 10.6 Å². The minimum Gasteiger partial charge on any atom is -0.338 e. The fourth-order valence-corrected chi connectivity index (χ4v) is 1.45. The van der Waals surface area contributed by atoms with E-state index < -0.39 is 0 Å². The van der Waals surface area contributed by atoms with Crippen LogP contribution in [-0.2, 0) is 0 Å². The van der Waals surface area contributed by atoms with Crippen molar-refractivity contribution in [3.8, 4) is 0 Å². The van der Waals surface area contributed by atoms with E-state index in [1.807, 2.05) is 0 Å². The highest BCUT2D eigenvalue weighted by atomic mass is 16.2.